The molecule has 0 atom stereocenters. The maximum Gasteiger partial charge on any atom is -0.0131 e. The van der Waals surface area contributed by atoms with Crippen LogP contribution in [0.1, 0.15) is 26.3 Å². The van der Waals surface area contributed by atoms with Gasteiger partial charge in [0.05, 0.1) is 0 Å². The smallest absolute Gasteiger partial charge is 0.0131 e. The van der Waals surface area contributed by atoms with Gasteiger partial charge in [0.15, 0.2) is 0 Å². The van der Waals surface area contributed by atoms with Crippen molar-refractivity contribution in [1.82, 2.24) is 0 Å². The van der Waals surface area contributed by atoms with Crippen LogP contribution >= 0.6 is 0 Å². The highest BCUT2D eigenvalue weighted by atomic mass is 14.2. The van der Waals surface area contributed by atoms with E-state index in [4.69, 9.17) is 0 Å². The Kier molecular flexibility index (Phi) is 5.13. The highest BCUT2D eigenvalue weighted by molar-refractivity contribution is 6.01. The summed E-state index contributed by atoms with van der Waals surface area (Å²) in [5.41, 5.74) is 6.44. The quantitative estimate of drug-likeness (QED) is 0.213. The van der Waals surface area contributed by atoms with Crippen molar-refractivity contribution in [1.29, 1.82) is 0 Å². The molecule has 0 heteroatoms. The van der Waals surface area contributed by atoms with Crippen molar-refractivity contribution in [3.05, 3.63) is 133 Å². The minimum Gasteiger partial charge on any atom is -0.0616 e. The van der Waals surface area contributed by atoms with Crippen LogP contribution in [0.5, 0.6) is 0 Å². The largest absolute Gasteiger partial charge is 0.0616 e. The van der Waals surface area contributed by atoms with Gasteiger partial charge in [-0.05, 0) is 119 Å². The van der Waals surface area contributed by atoms with Crippen LogP contribution in [0.4, 0.5) is 0 Å². The molecule has 7 aromatic carbocycles. The Morgan fingerprint density at radius 1 is 0.316 bits per heavy atom. The molecule has 0 nitrogen and oxygen atoms in total. The fraction of sp³-hybridized carbons (Fsp3) is 0.105. The third kappa shape index (κ3) is 4.03. The van der Waals surface area contributed by atoms with E-state index in [1.807, 2.05) is 0 Å². The van der Waals surface area contributed by atoms with Gasteiger partial charge in [-0.1, -0.05) is 106 Å². The summed E-state index contributed by atoms with van der Waals surface area (Å²) in [5, 5.41) is 10.3. The Labute approximate surface area is 224 Å². The maximum atomic E-state index is 2.38. The van der Waals surface area contributed by atoms with Crippen molar-refractivity contribution >= 4 is 43.1 Å². The van der Waals surface area contributed by atoms with Gasteiger partial charge in [0.2, 0.25) is 0 Å². The van der Waals surface area contributed by atoms with Crippen LogP contribution in [0.2, 0.25) is 0 Å². The molecule has 0 amide bonds. The van der Waals surface area contributed by atoms with Gasteiger partial charge in [-0.25, -0.2) is 0 Å². The van der Waals surface area contributed by atoms with E-state index < -0.39 is 0 Å². The second-order valence-corrected chi connectivity index (χ2v) is 11.6. The van der Waals surface area contributed by atoms with E-state index in [1.54, 1.807) is 0 Å². The Morgan fingerprint density at radius 3 is 1.08 bits per heavy atom. The van der Waals surface area contributed by atoms with Gasteiger partial charge in [-0.15, -0.1) is 0 Å². The summed E-state index contributed by atoms with van der Waals surface area (Å²) in [6, 6.07) is 47.3. The number of benzene rings is 7. The van der Waals surface area contributed by atoms with Gasteiger partial charge >= 0.3 is 0 Å². The van der Waals surface area contributed by atoms with Gasteiger partial charge in [0.1, 0.15) is 0 Å². The predicted octanol–water partition coefficient (Wildman–Crippen LogP) is 10.9. The van der Waals surface area contributed by atoms with Crippen molar-refractivity contribution in [2.75, 3.05) is 0 Å². The fourth-order valence-electron chi connectivity index (χ4n) is 5.63. The molecule has 0 N–H and O–H groups in total. The zero-order valence-electron chi connectivity index (χ0n) is 22.1. The van der Waals surface area contributed by atoms with Crippen LogP contribution in [0.25, 0.3) is 65.3 Å². The molecule has 7 rings (SSSR count). The Morgan fingerprint density at radius 2 is 0.684 bits per heavy atom. The Bertz CT molecular complexity index is 1860. The lowest BCUT2D eigenvalue weighted by atomic mass is 9.83. The first-order valence-electron chi connectivity index (χ1n) is 13.4. The topological polar surface area (TPSA) is 0 Å². The van der Waals surface area contributed by atoms with E-state index in [2.05, 4.69) is 148 Å². The van der Waals surface area contributed by atoms with Crippen LogP contribution in [-0.4, -0.2) is 0 Å². The van der Waals surface area contributed by atoms with E-state index in [9.17, 15) is 0 Å². The molecule has 0 aliphatic rings. The average molecular weight is 487 g/mol. The second-order valence-electron chi connectivity index (χ2n) is 11.6. The third-order valence-electron chi connectivity index (χ3n) is 7.88. The summed E-state index contributed by atoms with van der Waals surface area (Å²) in [6.45, 7) is 6.90. The highest BCUT2D eigenvalue weighted by Crippen LogP contribution is 2.36. The molecular weight excluding hydrogens is 456 g/mol. The Balaban J connectivity index is 1.39. The van der Waals surface area contributed by atoms with E-state index in [0.717, 1.165) is 0 Å². The van der Waals surface area contributed by atoms with Gasteiger partial charge in [0, 0.05) is 0 Å². The van der Waals surface area contributed by atoms with Gasteiger partial charge < -0.3 is 0 Å². The van der Waals surface area contributed by atoms with Crippen LogP contribution in [-0.2, 0) is 5.41 Å². The predicted molar refractivity (Wildman–Crippen MR) is 166 cm³/mol. The first-order valence-corrected chi connectivity index (χ1v) is 13.4. The summed E-state index contributed by atoms with van der Waals surface area (Å²) in [5.74, 6) is 0. The zero-order chi connectivity index (χ0) is 25.9. The molecule has 182 valence electrons. The fourth-order valence-corrected chi connectivity index (χ4v) is 5.63. The first kappa shape index (κ1) is 22.8. The van der Waals surface area contributed by atoms with Crippen LogP contribution in [0.3, 0.4) is 0 Å². The zero-order valence-corrected chi connectivity index (χ0v) is 22.1. The van der Waals surface area contributed by atoms with E-state index in [1.165, 1.54) is 70.9 Å². The van der Waals surface area contributed by atoms with Crippen molar-refractivity contribution in [3.63, 3.8) is 0 Å². The van der Waals surface area contributed by atoms with Gasteiger partial charge in [-0.3, -0.25) is 0 Å². The number of rotatable bonds is 2. The minimum atomic E-state index is 0.0465. The van der Waals surface area contributed by atoms with Crippen molar-refractivity contribution in [3.8, 4) is 22.3 Å². The van der Waals surface area contributed by atoms with Gasteiger partial charge in [0.25, 0.3) is 0 Å². The lowest BCUT2D eigenvalue weighted by molar-refractivity contribution is 0.591. The molecule has 0 heterocycles. The lowest BCUT2D eigenvalue weighted by Gasteiger charge is -2.22. The molecule has 0 aliphatic heterocycles. The molecule has 0 saturated heterocycles. The molecule has 0 aromatic heterocycles. The number of fused-ring (bicyclic) bond motifs is 4. The van der Waals surface area contributed by atoms with Crippen molar-refractivity contribution < 1.29 is 0 Å². The summed E-state index contributed by atoms with van der Waals surface area (Å²) in [7, 11) is 0. The van der Waals surface area contributed by atoms with Crippen molar-refractivity contribution in [2.24, 2.45) is 0 Å². The molecular formula is C38H30. The molecule has 38 heavy (non-hydrogen) atoms. The average Bonchev–Trinajstić information content (AvgIpc) is 2.93. The van der Waals surface area contributed by atoms with Crippen molar-refractivity contribution in [2.45, 2.75) is 26.2 Å². The summed E-state index contributed by atoms with van der Waals surface area (Å²) < 4.78 is 0. The molecule has 7 aromatic rings. The molecule has 0 radical (unpaired) electrons. The van der Waals surface area contributed by atoms with E-state index in [0.29, 0.717) is 0 Å². The minimum absolute atomic E-state index is 0.0465. The SMILES string of the molecule is CC(C)(C)c1cc(-c2ccc3cc4ccccc4cc3c2)cc(-c2ccc3cc4ccccc4cc3c2)c1. The lowest BCUT2D eigenvalue weighted by Crippen LogP contribution is -2.11. The number of hydrogen-bond donors (Lipinski definition) is 0. The monoisotopic (exact) mass is 486 g/mol. The molecule has 0 saturated carbocycles. The molecule has 0 aliphatic carbocycles. The summed E-state index contributed by atoms with van der Waals surface area (Å²) in [4.78, 5) is 0. The van der Waals surface area contributed by atoms with Crippen LogP contribution in [0.15, 0.2) is 127 Å². The standard InChI is InChI=1S/C38H30/c1-38(2,3)37-23-35(31-14-12-29-16-25-8-4-6-10-27(25)18-33(29)20-31)22-36(24-37)32-15-13-30-17-26-9-5-7-11-28(26)19-34(30)21-32/h4-24H,1-3H3. The van der Waals surface area contributed by atoms with E-state index >= 15 is 0 Å². The highest BCUT2D eigenvalue weighted by Gasteiger charge is 2.17. The third-order valence-corrected chi connectivity index (χ3v) is 7.88. The van der Waals surface area contributed by atoms with Crippen LogP contribution in [0, 0.1) is 0 Å². The Hall–Kier alpha value is -4.42. The van der Waals surface area contributed by atoms with Gasteiger partial charge in [-0.2, -0.15) is 0 Å². The summed E-state index contributed by atoms with van der Waals surface area (Å²) >= 11 is 0. The maximum absolute atomic E-state index is 2.38. The molecule has 0 unspecified atom stereocenters. The molecule has 0 fully saturated rings. The number of hydrogen-bond acceptors (Lipinski definition) is 0. The van der Waals surface area contributed by atoms with E-state index in [-0.39, 0.29) is 5.41 Å². The van der Waals surface area contributed by atoms with Crippen LogP contribution < -0.4 is 0 Å². The summed E-state index contributed by atoms with van der Waals surface area (Å²) in [6.07, 6.45) is 0. The normalized spacial score (nSPS) is 12.1. The second kappa shape index (κ2) is 8.57. The molecule has 0 spiro atoms. The first-order chi connectivity index (χ1) is 18.4. The molecule has 0 bridgehead atoms.